The number of carbonyl (C=O) groups is 2. The fourth-order valence-electron chi connectivity index (χ4n) is 2.92. The highest BCUT2D eigenvalue weighted by atomic mass is 16.8. The molecule has 0 aromatic rings. The lowest BCUT2D eigenvalue weighted by Gasteiger charge is -2.23. The van der Waals surface area contributed by atoms with E-state index in [4.69, 9.17) is 9.47 Å². The third-order valence-electron chi connectivity index (χ3n) is 3.69. The SMILES string of the molecule is C/C=C/C(=O)NC(=O)N[C@@H]1C[C@H](CO)[C@H]2OC(C)(C)O[C@H]21. The number of amides is 3. The van der Waals surface area contributed by atoms with Crippen LogP contribution in [0.5, 0.6) is 0 Å². The van der Waals surface area contributed by atoms with Gasteiger partial charge in [-0.2, -0.15) is 0 Å². The van der Waals surface area contributed by atoms with E-state index in [0.717, 1.165) is 0 Å². The molecule has 1 aliphatic carbocycles. The molecular weight excluding hydrogens is 276 g/mol. The molecule has 1 saturated heterocycles. The second kappa shape index (κ2) is 6.13. The molecule has 7 nitrogen and oxygen atoms in total. The average Bonchev–Trinajstić information content (AvgIpc) is 2.84. The van der Waals surface area contributed by atoms with Crippen LogP contribution in [0.4, 0.5) is 4.79 Å². The number of hydrogen-bond donors (Lipinski definition) is 3. The lowest BCUT2D eigenvalue weighted by molar-refractivity contribution is -0.159. The zero-order chi connectivity index (χ0) is 15.6. The van der Waals surface area contributed by atoms with Crippen molar-refractivity contribution in [3.8, 4) is 0 Å². The van der Waals surface area contributed by atoms with Crippen LogP contribution in [-0.2, 0) is 14.3 Å². The molecule has 2 aliphatic rings. The van der Waals surface area contributed by atoms with E-state index in [1.807, 2.05) is 0 Å². The summed E-state index contributed by atoms with van der Waals surface area (Å²) in [6.45, 7) is 5.26. The summed E-state index contributed by atoms with van der Waals surface area (Å²) in [5.41, 5.74) is 0. The molecule has 0 unspecified atom stereocenters. The van der Waals surface area contributed by atoms with Crippen LogP contribution in [0.15, 0.2) is 12.2 Å². The molecule has 3 amide bonds. The second-order valence-electron chi connectivity index (χ2n) is 5.81. The molecule has 0 bridgehead atoms. The summed E-state index contributed by atoms with van der Waals surface area (Å²) in [6.07, 6.45) is 2.80. The van der Waals surface area contributed by atoms with Crippen LogP contribution in [0, 0.1) is 5.92 Å². The normalized spacial score (nSPS) is 33.9. The van der Waals surface area contributed by atoms with Crippen LogP contribution in [0.2, 0.25) is 0 Å². The predicted molar refractivity (Wildman–Crippen MR) is 74.3 cm³/mol. The number of nitrogens with one attached hydrogen (secondary N) is 2. The van der Waals surface area contributed by atoms with E-state index in [2.05, 4.69) is 10.6 Å². The monoisotopic (exact) mass is 298 g/mol. The summed E-state index contributed by atoms with van der Waals surface area (Å²) in [7, 11) is 0. The standard InChI is InChI=1S/C14H22N2O5/c1-4-5-10(18)16-13(19)15-9-6-8(7-17)11-12(9)21-14(2,3)20-11/h4-5,8-9,11-12,17H,6-7H2,1-3H3,(H2,15,16,18,19)/b5-4+/t8-,9-,11-,12+/m1/s1. The molecule has 7 heteroatoms. The van der Waals surface area contributed by atoms with Crippen molar-refractivity contribution in [2.75, 3.05) is 6.61 Å². The number of urea groups is 1. The third kappa shape index (κ3) is 3.61. The minimum atomic E-state index is -0.736. The van der Waals surface area contributed by atoms with Gasteiger partial charge in [0.1, 0.15) is 6.10 Å². The minimum absolute atomic E-state index is 0.0299. The first kappa shape index (κ1) is 15.9. The number of carbonyl (C=O) groups excluding carboxylic acids is 2. The molecule has 2 fully saturated rings. The zero-order valence-electron chi connectivity index (χ0n) is 12.5. The lowest BCUT2D eigenvalue weighted by atomic mass is 10.1. The maximum atomic E-state index is 11.8. The number of allylic oxidation sites excluding steroid dienone is 1. The maximum absolute atomic E-state index is 11.8. The number of rotatable bonds is 3. The van der Waals surface area contributed by atoms with E-state index >= 15 is 0 Å². The fourth-order valence-corrected chi connectivity index (χ4v) is 2.92. The van der Waals surface area contributed by atoms with Crippen molar-refractivity contribution in [2.45, 2.75) is 51.2 Å². The second-order valence-corrected chi connectivity index (χ2v) is 5.81. The van der Waals surface area contributed by atoms with Gasteiger partial charge in [0.05, 0.1) is 12.1 Å². The molecule has 118 valence electrons. The molecule has 0 aromatic carbocycles. The first-order chi connectivity index (χ1) is 9.86. The van der Waals surface area contributed by atoms with Crippen LogP contribution < -0.4 is 10.6 Å². The van der Waals surface area contributed by atoms with E-state index in [1.165, 1.54) is 6.08 Å². The van der Waals surface area contributed by atoms with Crippen molar-refractivity contribution < 1.29 is 24.2 Å². The first-order valence-electron chi connectivity index (χ1n) is 7.07. The smallest absolute Gasteiger partial charge is 0.322 e. The summed E-state index contributed by atoms with van der Waals surface area (Å²) in [5.74, 6) is -1.30. The van der Waals surface area contributed by atoms with Gasteiger partial charge in [0.2, 0.25) is 0 Å². The predicted octanol–water partition coefficient (Wildman–Crippen LogP) is 0.289. The van der Waals surface area contributed by atoms with Gasteiger partial charge in [0.15, 0.2) is 5.79 Å². The van der Waals surface area contributed by atoms with Crippen molar-refractivity contribution in [2.24, 2.45) is 5.92 Å². The Bertz CT molecular complexity index is 449. The van der Waals surface area contributed by atoms with Crippen molar-refractivity contribution in [1.82, 2.24) is 10.6 Å². The Kier molecular flexibility index (Phi) is 4.65. The molecule has 1 saturated carbocycles. The van der Waals surface area contributed by atoms with Crippen LogP contribution >= 0.6 is 0 Å². The van der Waals surface area contributed by atoms with Gasteiger partial charge in [-0.05, 0) is 33.3 Å². The molecule has 21 heavy (non-hydrogen) atoms. The van der Waals surface area contributed by atoms with Crippen molar-refractivity contribution >= 4 is 11.9 Å². The summed E-state index contributed by atoms with van der Waals surface area (Å²) in [5, 5.41) is 14.4. The van der Waals surface area contributed by atoms with E-state index < -0.39 is 17.7 Å². The largest absolute Gasteiger partial charge is 0.396 e. The third-order valence-corrected chi connectivity index (χ3v) is 3.69. The van der Waals surface area contributed by atoms with Gasteiger partial charge in [-0.15, -0.1) is 0 Å². The number of fused-ring (bicyclic) bond motifs is 1. The highest BCUT2D eigenvalue weighted by Crippen LogP contribution is 2.41. The van der Waals surface area contributed by atoms with Gasteiger partial charge in [-0.1, -0.05) is 6.08 Å². The van der Waals surface area contributed by atoms with Gasteiger partial charge >= 0.3 is 6.03 Å². The summed E-state index contributed by atoms with van der Waals surface area (Å²) < 4.78 is 11.6. The van der Waals surface area contributed by atoms with Crippen LogP contribution in [0.1, 0.15) is 27.2 Å². The Labute approximate surface area is 123 Å². The highest BCUT2D eigenvalue weighted by Gasteiger charge is 2.54. The molecule has 2 rings (SSSR count). The van der Waals surface area contributed by atoms with Crippen LogP contribution in [0.3, 0.4) is 0 Å². The Balaban J connectivity index is 1.97. The molecule has 4 atom stereocenters. The first-order valence-corrected chi connectivity index (χ1v) is 7.07. The van der Waals surface area contributed by atoms with Crippen LogP contribution in [-0.4, -0.2) is 47.7 Å². The van der Waals surface area contributed by atoms with Crippen molar-refractivity contribution in [1.29, 1.82) is 0 Å². The van der Waals surface area contributed by atoms with Gasteiger partial charge < -0.3 is 19.9 Å². The lowest BCUT2D eigenvalue weighted by Crippen LogP contribution is -2.48. The number of aliphatic hydroxyl groups is 1. The molecule has 3 N–H and O–H groups in total. The zero-order valence-corrected chi connectivity index (χ0v) is 12.5. The quantitative estimate of drug-likeness (QED) is 0.651. The summed E-state index contributed by atoms with van der Waals surface area (Å²) in [6, 6.07) is -0.874. The summed E-state index contributed by atoms with van der Waals surface area (Å²) in [4.78, 5) is 23.1. The van der Waals surface area contributed by atoms with E-state index in [9.17, 15) is 14.7 Å². The van der Waals surface area contributed by atoms with E-state index in [0.29, 0.717) is 6.42 Å². The van der Waals surface area contributed by atoms with Crippen molar-refractivity contribution in [3.05, 3.63) is 12.2 Å². The molecule has 1 heterocycles. The van der Waals surface area contributed by atoms with Crippen molar-refractivity contribution in [3.63, 3.8) is 0 Å². The molecule has 0 aromatic heterocycles. The Morgan fingerprint density at radius 2 is 2.00 bits per heavy atom. The summed E-state index contributed by atoms with van der Waals surface area (Å²) >= 11 is 0. The molecule has 0 spiro atoms. The number of imide groups is 1. The van der Waals surface area contributed by atoms with E-state index in [-0.39, 0.29) is 30.8 Å². The molecule has 1 aliphatic heterocycles. The van der Waals surface area contributed by atoms with Gasteiger partial charge in [-0.3, -0.25) is 10.1 Å². The van der Waals surface area contributed by atoms with Gasteiger partial charge in [0, 0.05) is 12.5 Å². The maximum Gasteiger partial charge on any atom is 0.322 e. The fraction of sp³-hybridized carbons (Fsp3) is 0.714. The topological polar surface area (TPSA) is 96.9 Å². The number of aliphatic hydroxyl groups excluding tert-OH is 1. The molecule has 0 radical (unpaired) electrons. The highest BCUT2D eigenvalue weighted by molar-refractivity contribution is 6.00. The molecular formula is C14H22N2O5. The van der Waals surface area contributed by atoms with Gasteiger partial charge in [-0.25, -0.2) is 4.79 Å². The number of ether oxygens (including phenoxy) is 2. The number of hydrogen-bond acceptors (Lipinski definition) is 5. The Hall–Kier alpha value is -1.44. The average molecular weight is 298 g/mol. The minimum Gasteiger partial charge on any atom is -0.396 e. The van der Waals surface area contributed by atoms with Crippen LogP contribution in [0.25, 0.3) is 0 Å². The Morgan fingerprint density at radius 1 is 1.33 bits per heavy atom. The van der Waals surface area contributed by atoms with E-state index in [1.54, 1.807) is 26.8 Å². The van der Waals surface area contributed by atoms with Gasteiger partial charge in [0.25, 0.3) is 5.91 Å². The Morgan fingerprint density at radius 3 is 2.62 bits per heavy atom.